The van der Waals surface area contributed by atoms with Crippen molar-refractivity contribution in [3.63, 3.8) is 0 Å². The van der Waals surface area contributed by atoms with Gasteiger partial charge in [-0.2, -0.15) is 4.31 Å². The SMILES string of the molecule is O=S(=O)(Nc1cc(C(O)C2CC2)c(Sc2ccc(S(=O)(=O)N3CCCCC3)cc2)cn1)c1cccc(Cl)c1Cl. The number of nitrogens with zero attached hydrogens (tertiary/aromatic N) is 2. The van der Waals surface area contributed by atoms with Crippen LogP contribution in [0.4, 0.5) is 5.82 Å². The van der Waals surface area contributed by atoms with Crippen LogP contribution in [0.25, 0.3) is 0 Å². The number of pyridine rings is 1. The Labute approximate surface area is 242 Å². The van der Waals surface area contributed by atoms with Gasteiger partial charge in [0.25, 0.3) is 10.0 Å². The third kappa shape index (κ3) is 6.40. The zero-order chi connectivity index (χ0) is 27.8. The molecule has 13 heteroatoms. The second-order valence-corrected chi connectivity index (χ2v) is 15.1. The number of aromatic nitrogens is 1. The van der Waals surface area contributed by atoms with Gasteiger partial charge in [0, 0.05) is 29.1 Å². The van der Waals surface area contributed by atoms with E-state index in [1.54, 1.807) is 24.3 Å². The Morgan fingerprint density at radius 1 is 1.00 bits per heavy atom. The summed E-state index contributed by atoms with van der Waals surface area (Å²) in [7, 11) is -7.63. The van der Waals surface area contributed by atoms with E-state index in [9.17, 15) is 21.9 Å². The zero-order valence-corrected chi connectivity index (χ0v) is 24.7. The lowest BCUT2D eigenvalue weighted by Gasteiger charge is -2.25. The van der Waals surface area contributed by atoms with Crippen LogP contribution in [0.1, 0.15) is 43.8 Å². The molecular formula is C26H27Cl2N3O5S3. The largest absolute Gasteiger partial charge is 0.388 e. The minimum atomic E-state index is -4.09. The molecule has 0 amide bonds. The third-order valence-corrected chi connectivity index (χ3v) is 12.0. The molecule has 3 aromatic rings. The zero-order valence-electron chi connectivity index (χ0n) is 20.8. The highest BCUT2D eigenvalue weighted by molar-refractivity contribution is 7.99. The average molecular weight is 629 g/mol. The summed E-state index contributed by atoms with van der Waals surface area (Å²) < 4.78 is 55.9. The van der Waals surface area contributed by atoms with Gasteiger partial charge < -0.3 is 5.11 Å². The van der Waals surface area contributed by atoms with Gasteiger partial charge in [-0.25, -0.2) is 21.8 Å². The maximum atomic E-state index is 13.0. The normalized spacial score (nSPS) is 17.6. The molecule has 2 aromatic carbocycles. The number of hydrogen-bond donors (Lipinski definition) is 2. The van der Waals surface area contributed by atoms with Crippen molar-refractivity contribution in [3.05, 3.63) is 70.3 Å². The Balaban J connectivity index is 1.39. The van der Waals surface area contributed by atoms with Crippen LogP contribution in [0.15, 0.2) is 74.3 Å². The Morgan fingerprint density at radius 2 is 1.69 bits per heavy atom. The molecule has 8 nitrogen and oxygen atoms in total. The number of piperidine rings is 1. The molecule has 0 spiro atoms. The molecule has 0 bridgehead atoms. The number of benzene rings is 2. The minimum Gasteiger partial charge on any atom is -0.388 e. The van der Waals surface area contributed by atoms with E-state index in [1.807, 2.05) is 0 Å². The molecule has 2 fully saturated rings. The number of aliphatic hydroxyl groups is 1. The second-order valence-electron chi connectivity index (χ2n) is 9.59. The van der Waals surface area contributed by atoms with Crippen LogP contribution in [0.5, 0.6) is 0 Å². The van der Waals surface area contributed by atoms with Crippen molar-refractivity contribution in [2.75, 3.05) is 17.8 Å². The highest BCUT2D eigenvalue weighted by Gasteiger charge is 2.33. The summed E-state index contributed by atoms with van der Waals surface area (Å²) in [6.45, 7) is 1.07. The lowest BCUT2D eigenvalue weighted by atomic mass is 10.1. The first-order valence-electron chi connectivity index (χ1n) is 12.5. The molecule has 1 aliphatic heterocycles. The highest BCUT2D eigenvalue weighted by Crippen LogP contribution is 2.45. The summed E-state index contributed by atoms with van der Waals surface area (Å²) in [6, 6.07) is 12.5. The van der Waals surface area contributed by atoms with Crippen LogP contribution in [-0.2, 0) is 20.0 Å². The van der Waals surface area contributed by atoms with Gasteiger partial charge in [-0.05, 0) is 79.6 Å². The predicted molar refractivity (Wildman–Crippen MR) is 152 cm³/mol. The molecule has 2 aliphatic rings. The van der Waals surface area contributed by atoms with Crippen LogP contribution < -0.4 is 4.72 Å². The van der Waals surface area contributed by atoms with E-state index in [0.717, 1.165) is 37.0 Å². The van der Waals surface area contributed by atoms with Crippen LogP contribution in [0, 0.1) is 5.92 Å². The van der Waals surface area contributed by atoms with Crippen LogP contribution >= 0.6 is 35.0 Å². The maximum absolute atomic E-state index is 13.0. The smallest absolute Gasteiger partial charge is 0.264 e. The van der Waals surface area contributed by atoms with Crippen LogP contribution in [-0.4, -0.2) is 44.3 Å². The lowest BCUT2D eigenvalue weighted by molar-refractivity contribution is 0.151. The fourth-order valence-electron chi connectivity index (χ4n) is 4.44. The standard InChI is InChI=1S/C26H27Cl2N3O5S3/c27-21-5-4-6-23(25(21)28)38(33,34)30-24-15-20(26(32)17-7-8-17)22(16-29-24)37-18-9-11-19(12-10-18)39(35,36)31-13-2-1-3-14-31/h4-6,9-12,15-17,26,32H,1-3,7-8,13-14H2,(H,29,30). The van der Waals surface area contributed by atoms with E-state index < -0.39 is 26.2 Å². The number of halogens is 2. The van der Waals surface area contributed by atoms with E-state index in [2.05, 4.69) is 9.71 Å². The Kier molecular flexibility index (Phi) is 8.49. The number of sulfonamides is 2. The first-order valence-corrected chi connectivity index (χ1v) is 17.0. The van der Waals surface area contributed by atoms with E-state index in [0.29, 0.717) is 23.5 Å². The Hall–Kier alpha value is -1.86. The summed E-state index contributed by atoms with van der Waals surface area (Å²) in [4.78, 5) is 5.75. The van der Waals surface area contributed by atoms with Gasteiger partial charge in [-0.3, -0.25) is 4.72 Å². The fourth-order valence-corrected chi connectivity index (χ4v) is 8.65. The van der Waals surface area contributed by atoms with Gasteiger partial charge in [0.15, 0.2) is 0 Å². The molecule has 2 N–H and O–H groups in total. The van der Waals surface area contributed by atoms with Crippen molar-refractivity contribution in [1.82, 2.24) is 9.29 Å². The lowest BCUT2D eigenvalue weighted by Crippen LogP contribution is -2.35. The maximum Gasteiger partial charge on any atom is 0.264 e. The van der Waals surface area contributed by atoms with Gasteiger partial charge in [-0.1, -0.05) is 47.5 Å². The molecule has 1 saturated heterocycles. The van der Waals surface area contributed by atoms with Crippen molar-refractivity contribution in [2.24, 2.45) is 5.92 Å². The van der Waals surface area contributed by atoms with Crippen LogP contribution in [0.2, 0.25) is 10.0 Å². The van der Waals surface area contributed by atoms with Crippen molar-refractivity contribution in [2.45, 2.75) is 57.8 Å². The number of hydrogen-bond acceptors (Lipinski definition) is 7. The Bertz CT molecular complexity index is 1570. The monoisotopic (exact) mass is 627 g/mol. The Morgan fingerprint density at radius 3 is 2.36 bits per heavy atom. The molecule has 1 unspecified atom stereocenters. The minimum absolute atomic E-state index is 0.0352. The molecule has 1 atom stereocenters. The van der Waals surface area contributed by atoms with Gasteiger partial charge in [0.05, 0.1) is 21.0 Å². The number of nitrogens with one attached hydrogen (secondary N) is 1. The fraction of sp³-hybridized carbons (Fsp3) is 0.346. The van der Waals surface area contributed by atoms with E-state index in [1.165, 1.54) is 46.5 Å². The molecule has 1 aromatic heterocycles. The molecule has 1 aliphatic carbocycles. The number of anilines is 1. The molecule has 39 heavy (non-hydrogen) atoms. The van der Waals surface area contributed by atoms with Crippen molar-refractivity contribution in [1.29, 1.82) is 0 Å². The van der Waals surface area contributed by atoms with Crippen molar-refractivity contribution >= 4 is 60.8 Å². The molecule has 1 saturated carbocycles. The van der Waals surface area contributed by atoms with Crippen molar-refractivity contribution < 1.29 is 21.9 Å². The van der Waals surface area contributed by atoms with E-state index in [-0.39, 0.29) is 31.6 Å². The summed E-state index contributed by atoms with van der Waals surface area (Å²) in [6.07, 6.45) is 5.22. The second kappa shape index (κ2) is 11.6. The first-order chi connectivity index (χ1) is 18.6. The topological polar surface area (TPSA) is 117 Å². The number of rotatable bonds is 9. The first kappa shape index (κ1) is 28.7. The average Bonchev–Trinajstić information content (AvgIpc) is 3.77. The third-order valence-electron chi connectivity index (χ3n) is 6.73. The predicted octanol–water partition coefficient (Wildman–Crippen LogP) is 5.96. The van der Waals surface area contributed by atoms with Gasteiger partial charge in [0.2, 0.25) is 10.0 Å². The summed E-state index contributed by atoms with van der Waals surface area (Å²) in [5.41, 5.74) is 0.539. The number of aliphatic hydroxyl groups excluding tert-OH is 1. The van der Waals surface area contributed by atoms with Gasteiger partial charge >= 0.3 is 0 Å². The van der Waals surface area contributed by atoms with Crippen molar-refractivity contribution in [3.8, 4) is 0 Å². The molecule has 5 rings (SSSR count). The molecule has 208 valence electrons. The molecule has 2 heterocycles. The van der Waals surface area contributed by atoms with E-state index in [4.69, 9.17) is 23.2 Å². The quantitative estimate of drug-likeness (QED) is 0.301. The van der Waals surface area contributed by atoms with E-state index >= 15 is 0 Å². The summed E-state index contributed by atoms with van der Waals surface area (Å²) >= 11 is 13.4. The molecule has 0 radical (unpaired) electrons. The summed E-state index contributed by atoms with van der Waals surface area (Å²) in [5.74, 6) is 0.115. The highest BCUT2D eigenvalue weighted by atomic mass is 35.5. The molecular weight excluding hydrogens is 601 g/mol. The van der Waals surface area contributed by atoms with Gasteiger partial charge in [-0.15, -0.1) is 0 Å². The summed E-state index contributed by atoms with van der Waals surface area (Å²) in [5, 5.41) is 11.0. The van der Waals surface area contributed by atoms with Crippen LogP contribution in [0.3, 0.4) is 0 Å². The van der Waals surface area contributed by atoms with Gasteiger partial charge in [0.1, 0.15) is 10.7 Å².